The first kappa shape index (κ1) is 12.4. The van der Waals surface area contributed by atoms with Crippen molar-refractivity contribution in [3.63, 3.8) is 0 Å². The highest BCUT2D eigenvalue weighted by Crippen LogP contribution is 2.28. The summed E-state index contributed by atoms with van der Waals surface area (Å²) in [5.74, 6) is 0.781. The topological polar surface area (TPSA) is 42.8 Å². The number of aromatic amines is 1. The molecule has 2 aromatic heterocycles. The van der Waals surface area contributed by atoms with Gasteiger partial charge in [-0.25, -0.2) is 4.98 Å². The molecular weight excluding hydrogens is 326 g/mol. The molecule has 2 heterocycles. The Bertz CT molecular complexity index is 809. The van der Waals surface area contributed by atoms with Gasteiger partial charge in [0.2, 0.25) is 0 Å². The summed E-state index contributed by atoms with van der Waals surface area (Å²) >= 11 is 8.84. The molecule has 0 saturated heterocycles. The lowest BCUT2D eigenvalue weighted by molar-refractivity contribution is 0.412. The van der Waals surface area contributed by atoms with Crippen molar-refractivity contribution in [2.24, 2.45) is 0 Å². The highest BCUT2D eigenvalue weighted by Gasteiger charge is 2.09. The van der Waals surface area contributed by atoms with Crippen LogP contribution in [0.5, 0.6) is 5.75 Å². The molecule has 3 rings (SSSR count). The number of methoxy groups -OCH3 is 1. The maximum atomic E-state index is 5.36. The lowest BCUT2D eigenvalue weighted by Crippen LogP contribution is -1.96. The fraction of sp³-hybridized carbons (Fsp3) is 0.0769. The Balaban J connectivity index is 2.27. The molecule has 0 aliphatic carbocycles. The van der Waals surface area contributed by atoms with E-state index in [2.05, 4.69) is 25.9 Å². The lowest BCUT2D eigenvalue weighted by Gasteiger charge is -2.07. The van der Waals surface area contributed by atoms with Crippen molar-refractivity contribution in [1.82, 2.24) is 14.5 Å². The quantitative estimate of drug-likeness (QED) is 0.723. The van der Waals surface area contributed by atoms with Gasteiger partial charge in [-0.15, -0.1) is 0 Å². The second kappa shape index (κ2) is 4.79. The summed E-state index contributed by atoms with van der Waals surface area (Å²) in [6.07, 6.45) is 1.75. The molecule has 96 valence electrons. The standard InChI is InChI=1S/C13H10BrN3OS/c1-18-11-5-4-8(7-9(11)14)17-12-10(16-13(17)19)3-2-6-15-12/h2-7H,1H3,(H,16,19). The van der Waals surface area contributed by atoms with Crippen molar-refractivity contribution in [3.05, 3.63) is 45.8 Å². The lowest BCUT2D eigenvalue weighted by atomic mass is 10.3. The first-order valence-electron chi connectivity index (χ1n) is 5.60. The number of rotatable bonds is 2. The number of hydrogen-bond acceptors (Lipinski definition) is 3. The SMILES string of the molecule is COc1ccc(-n2c(=S)[nH]c3cccnc32)cc1Br. The molecule has 0 saturated carbocycles. The van der Waals surface area contributed by atoms with Gasteiger partial charge >= 0.3 is 0 Å². The number of halogens is 1. The van der Waals surface area contributed by atoms with E-state index in [1.165, 1.54) is 0 Å². The molecule has 1 aromatic carbocycles. The van der Waals surface area contributed by atoms with Crippen molar-refractivity contribution < 1.29 is 4.74 Å². The van der Waals surface area contributed by atoms with Crippen LogP contribution in [0.3, 0.4) is 0 Å². The molecule has 0 radical (unpaired) electrons. The number of ether oxygens (including phenoxy) is 1. The van der Waals surface area contributed by atoms with Crippen LogP contribution in [-0.4, -0.2) is 21.6 Å². The molecule has 0 fully saturated rings. The first-order chi connectivity index (χ1) is 9.20. The van der Waals surface area contributed by atoms with Crippen LogP contribution >= 0.6 is 28.1 Å². The van der Waals surface area contributed by atoms with Crippen LogP contribution in [-0.2, 0) is 0 Å². The van der Waals surface area contributed by atoms with Crippen molar-refractivity contribution in [3.8, 4) is 11.4 Å². The zero-order chi connectivity index (χ0) is 13.4. The molecular formula is C13H10BrN3OS. The Morgan fingerprint density at radius 2 is 2.21 bits per heavy atom. The minimum absolute atomic E-state index is 0.616. The van der Waals surface area contributed by atoms with Crippen molar-refractivity contribution in [2.75, 3.05) is 7.11 Å². The number of aromatic nitrogens is 3. The van der Waals surface area contributed by atoms with Crippen LogP contribution in [0.2, 0.25) is 0 Å². The molecule has 19 heavy (non-hydrogen) atoms. The molecule has 1 N–H and O–H groups in total. The Morgan fingerprint density at radius 3 is 2.95 bits per heavy atom. The molecule has 6 heteroatoms. The molecule has 0 aliphatic heterocycles. The highest BCUT2D eigenvalue weighted by molar-refractivity contribution is 9.10. The van der Waals surface area contributed by atoms with Crippen LogP contribution in [0.1, 0.15) is 0 Å². The number of hydrogen-bond donors (Lipinski definition) is 1. The van der Waals surface area contributed by atoms with Crippen molar-refractivity contribution in [1.29, 1.82) is 0 Å². The van der Waals surface area contributed by atoms with E-state index in [0.717, 1.165) is 27.1 Å². The predicted octanol–water partition coefficient (Wildman–Crippen LogP) is 3.85. The summed E-state index contributed by atoms with van der Waals surface area (Å²) in [5, 5.41) is 0. The number of nitrogens with one attached hydrogen (secondary N) is 1. The summed E-state index contributed by atoms with van der Waals surface area (Å²) in [4.78, 5) is 7.51. The van der Waals surface area contributed by atoms with Crippen molar-refractivity contribution >= 4 is 39.3 Å². The van der Waals surface area contributed by atoms with Gasteiger partial charge in [0.05, 0.1) is 22.8 Å². The second-order valence-corrected chi connectivity index (χ2v) is 5.20. The smallest absolute Gasteiger partial charge is 0.183 e. The van der Waals surface area contributed by atoms with Gasteiger partial charge in [-0.3, -0.25) is 4.57 Å². The Labute approximate surface area is 123 Å². The zero-order valence-electron chi connectivity index (χ0n) is 10.1. The van der Waals surface area contributed by atoms with Gasteiger partial charge in [-0.1, -0.05) is 0 Å². The number of fused-ring (bicyclic) bond motifs is 1. The fourth-order valence-corrected chi connectivity index (χ4v) is 2.80. The minimum atomic E-state index is 0.616. The van der Waals surface area contributed by atoms with E-state index >= 15 is 0 Å². The van der Waals surface area contributed by atoms with Crippen molar-refractivity contribution in [2.45, 2.75) is 0 Å². The number of imidazole rings is 1. The van der Waals surface area contributed by atoms with E-state index in [0.29, 0.717) is 4.77 Å². The molecule has 0 unspecified atom stereocenters. The molecule has 0 amide bonds. The molecule has 0 bridgehead atoms. The predicted molar refractivity (Wildman–Crippen MR) is 80.5 cm³/mol. The van der Waals surface area contributed by atoms with E-state index in [9.17, 15) is 0 Å². The molecule has 0 aliphatic rings. The van der Waals surface area contributed by atoms with Gasteiger partial charge in [-0.2, -0.15) is 0 Å². The maximum Gasteiger partial charge on any atom is 0.183 e. The minimum Gasteiger partial charge on any atom is -0.496 e. The molecule has 0 spiro atoms. The van der Waals surface area contributed by atoms with Gasteiger partial charge in [0.25, 0.3) is 0 Å². The Kier molecular flexibility index (Phi) is 3.12. The van der Waals surface area contributed by atoms with E-state index in [1.54, 1.807) is 13.3 Å². The highest BCUT2D eigenvalue weighted by atomic mass is 79.9. The zero-order valence-corrected chi connectivity index (χ0v) is 12.5. The average molecular weight is 336 g/mol. The summed E-state index contributed by atoms with van der Waals surface area (Å²) in [5.41, 5.74) is 2.66. The first-order valence-corrected chi connectivity index (χ1v) is 6.80. The molecule has 3 aromatic rings. The van der Waals surface area contributed by atoms with E-state index in [-0.39, 0.29) is 0 Å². The van der Waals surface area contributed by atoms with Gasteiger partial charge < -0.3 is 9.72 Å². The van der Waals surface area contributed by atoms with E-state index < -0.39 is 0 Å². The molecule has 4 nitrogen and oxygen atoms in total. The third kappa shape index (κ3) is 2.06. The summed E-state index contributed by atoms with van der Waals surface area (Å²) in [6.45, 7) is 0. The van der Waals surface area contributed by atoms with Crippen LogP contribution < -0.4 is 4.74 Å². The van der Waals surface area contributed by atoms with E-state index in [4.69, 9.17) is 17.0 Å². The third-order valence-electron chi connectivity index (χ3n) is 2.84. The third-order valence-corrected chi connectivity index (χ3v) is 3.74. The van der Waals surface area contributed by atoms with E-state index in [1.807, 2.05) is 34.9 Å². The largest absolute Gasteiger partial charge is 0.496 e. The Morgan fingerprint density at radius 1 is 1.37 bits per heavy atom. The summed E-state index contributed by atoms with van der Waals surface area (Å²) in [7, 11) is 1.64. The maximum absolute atomic E-state index is 5.36. The van der Waals surface area contributed by atoms with Gasteiger partial charge in [0, 0.05) is 6.20 Å². The van der Waals surface area contributed by atoms with Crippen LogP contribution in [0, 0.1) is 4.77 Å². The number of pyridine rings is 1. The Hall–Kier alpha value is -1.66. The van der Waals surface area contributed by atoms with Crippen LogP contribution in [0.4, 0.5) is 0 Å². The van der Waals surface area contributed by atoms with Gasteiger partial charge in [0.1, 0.15) is 5.75 Å². The summed E-state index contributed by atoms with van der Waals surface area (Å²) in [6, 6.07) is 9.62. The van der Waals surface area contributed by atoms with Crippen LogP contribution in [0.15, 0.2) is 41.0 Å². The number of H-pyrrole nitrogens is 1. The number of nitrogens with zero attached hydrogens (tertiary/aromatic N) is 2. The van der Waals surface area contributed by atoms with Crippen LogP contribution in [0.25, 0.3) is 16.9 Å². The normalized spacial score (nSPS) is 10.8. The monoisotopic (exact) mass is 335 g/mol. The van der Waals surface area contributed by atoms with Gasteiger partial charge in [0.15, 0.2) is 10.4 Å². The molecule has 0 atom stereocenters. The average Bonchev–Trinajstić information content (AvgIpc) is 2.74. The summed E-state index contributed by atoms with van der Waals surface area (Å²) < 4.78 is 8.62. The second-order valence-electron chi connectivity index (χ2n) is 3.96. The number of benzene rings is 1. The van der Waals surface area contributed by atoms with Gasteiger partial charge in [-0.05, 0) is 58.5 Å². The fourth-order valence-electron chi connectivity index (χ4n) is 1.97.